The van der Waals surface area contributed by atoms with E-state index in [1.165, 1.54) is 12.8 Å². The first-order valence-electron chi connectivity index (χ1n) is 7.82. The van der Waals surface area contributed by atoms with Crippen LogP contribution in [0.5, 0.6) is 0 Å². The van der Waals surface area contributed by atoms with E-state index in [2.05, 4.69) is 20.2 Å². The number of nitrogens with one attached hydrogen (secondary N) is 1. The Morgan fingerprint density at radius 3 is 2.86 bits per heavy atom. The third-order valence-electron chi connectivity index (χ3n) is 4.09. The van der Waals surface area contributed by atoms with E-state index in [1.54, 1.807) is 11.9 Å². The lowest BCUT2D eigenvalue weighted by atomic mass is 10.2. The minimum atomic E-state index is -0.00629. The molecule has 1 N–H and O–H groups in total. The van der Waals surface area contributed by atoms with Gasteiger partial charge in [0.25, 0.3) is 0 Å². The van der Waals surface area contributed by atoms with E-state index in [-0.39, 0.29) is 18.6 Å². The zero-order valence-electron chi connectivity index (χ0n) is 13.2. The van der Waals surface area contributed by atoms with Crippen molar-refractivity contribution in [1.29, 1.82) is 0 Å². The number of amides is 1. The number of rotatable bonds is 4. The van der Waals surface area contributed by atoms with Crippen molar-refractivity contribution in [2.45, 2.75) is 25.9 Å². The van der Waals surface area contributed by atoms with E-state index in [0.29, 0.717) is 13.1 Å². The molecular weight excluding hydrogens is 282 g/mol. The van der Waals surface area contributed by atoms with Crippen molar-refractivity contribution < 1.29 is 9.53 Å². The Balaban J connectivity index is 1.61. The number of aromatic nitrogens is 2. The maximum Gasteiger partial charge on any atom is 0.248 e. The fourth-order valence-corrected chi connectivity index (χ4v) is 2.80. The number of ether oxygens (including phenoxy) is 1. The van der Waals surface area contributed by atoms with Crippen molar-refractivity contribution in [3.05, 3.63) is 11.8 Å². The molecule has 2 saturated heterocycles. The summed E-state index contributed by atoms with van der Waals surface area (Å²) in [6.45, 7) is 5.44. The first-order chi connectivity index (χ1) is 10.6. The number of morpholine rings is 1. The summed E-state index contributed by atoms with van der Waals surface area (Å²) >= 11 is 0. The molecule has 120 valence electrons. The first-order valence-corrected chi connectivity index (χ1v) is 7.82. The Hall–Kier alpha value is -1.89. The van der Waals surface area contributed by atoms with Crippen molar-refractivity contribution in [3.63, 3.8) is 0 Å². The van der Waals surface area contributed by atoms with E-state index in [9.17, 15) is 4.79 Å². The molecule has 1 aromatic heterocycles. The highest BCUT2D eigenvalue weighted by Crippen LogP contribution is 2.18. The average Bonchev–Trinajstić information content (AvgIpc) is 3.02. The standard InChI is InChI=1S/C15H23N5O2/c1-11-7-13(18-15(17-11)20-5-3-4-6-20)16-8-12-9-19(2)14(21)10-22-12/h7,12H,3-6,8-10H2,1-2H3,(H,16,17,18). The number of hydrogen-bond donors (Lipinski definition) is 1. The second kappa shape index (κ2) is 6.48. The van der Waals surface area contributed by atoms with Crippen molar-refractivity contribution in [2.24, 2.45) is 0 Å². The number of anilines is 2. The average molecular weight is 305 g/mol. The summed E-state index contributed by atoms with van der Waals surface area (Å²) in [5, 5.41) is 3.31. The van der Waals surface area contributed by atoms with E-state index in [1.807, 2.05) is 13.0 Å². The van der Waals surface area contributed by atoms with Crippen molar-refractivity contribution in [3.8, 4) is 0 Å². The lowest BCUT2D eigenvalue weighted by Crippen LogP contribution is -2.46. The molecule has 1 unspecified atom stereocenters. The van der Waals surface area contributed by atoms with Gasteiger partial charge in [-0.2, -0.15) is 4.98 Å². The number of hydrogen-bond acceptors (Lipinski definition) is 6. The van der Waals surface area contributed by atoms with Crippen LogP contribution in [-0.2, 0) is 9.53 Å². The highest BCUT2D eigenvalue weighted by Gasteiger charge is 2.23. The fraction of sp³-hybridized carbons (Fsp3) is 0.667. The Labute approximate surface area is 130 Å². The molecule has 0 aliphatic carbocycles. The fourth-order valence-electron chi connectivity index (χ4n) is 2.80. The quantitative estimate of drug-likeness (QED) is 0.881. The number of likely N-dealkylation sites (N-methyl/N-ethyl adjacent to an activating group) is 1. The van der Waals surface area contributed by atoms with Crippen LogP contribution in [0.4, 0.5) is 11.8 Å². The van der Waals surface area contributed by atoms with Crippen molar-refractivity contribution >= 4 is 17.7 Å². The van der Waals surface area contributed by atoms with E-state index in [0.717, 1.165) is 30.5 Å². The first kappa shape index (κ1) is 15.0. The van der Waals surface area contributed by atoms with Gasteiger partial charge in [-0.05, 0) is 19.8 Å². The minimum absolute atomic E-state index is 0.00629. The molecule has 3 heterocycles. The molecule has 22 heavy (non-hydrogen) atoms. The molecule has 1 amide bonds. The zero-order valence-corrected chi connectivity index (χ0v) is 13.2. The molecule has 0 saturated carbocycles. The summed E-state index contributed by atoms with van der Waals surface area (Å²) in [6, 6.07) is 1.94. The van der Waals surface area contributed by atoms with Crippen molar-refractivity contribution in [1.82, 2.24) is 14.9 Å². The van der Waals surface area contributed by atoms with Crippen molar-refractivity contribution in [2.75, 3.05) is 50.1 Å². The molecule has 0 radical (unpaired) electrons. The zero-order chi connectivity index (χ0) is 15.5. The summed E-state index contributed by atoms with van der Waals surface area (Å²) < 4.78 is 5.54. The van der Waals surface area contributed by atoms with Crippen LogP contribution in [0.25, 0.3) is 0 Å². The second-order valence-corrected chi connectivity index (χ2v) is 5.98. The predicted octanol–water partition coefficient (Wildman–Crippen LogP) is 0.654. The molecular formula is C15H23N5O2. The second-order valence-electron chi connectivity index (χ2n) is 5.98. The van der Waals surface area contributed by atoms with E-state index < -0.39 is 0 Å². The summed E-state index contributed by atoms with van der Waals surface area (Å²) in [7, 11) is 1.80. The summed E-state index contributed by atoms with van der Waals surface area (Å²) in [6.07, 6.45) is 2.40. The summed E-state index contributed by atoms with van der Waals surface area (Å²) in [5.74, 6) is 1.65. The molecule has 0 bridgehead atoms. The van der Waals surface area contributed by atoms with Gasteiger partial charge in [0.2, 0.25) is 11.9 Å². The summed E-state index contributed by atoms with van der Waals surface area (Å²) in [5.41, 5.74) is 0.955. The molecule has 7 heteroatoms. The minimum Gasteiger partial charge on any atom is -0.367 e. The van der Waals surface area contributed by atoms with Crippen LogP contribution < -0.4 is 10.2 Å². The molecule has 1 aromatic rings. The number of nitrogens with zero attached hydrogens (tertiary/aromatic N) is 4. The Bertz CT molecular complexity index is 545. The van der Waals surface area contributed by atoms with Gasteiger partial charge >= 0.3 is 0 Å². The highest BCUT2D eigenvalue weighted by molar-refractivity contribution is 5.77. The number of carbonyl (C=O) groups is 1. The van der Waals surface area contributed by atoms with Gasteiger partial charge in [0, 0.05) is 45.0 Å². The summed E-state index contributed by atoms with van der Waals surface area (Å²) in [4.78, 5) is 24.5. The largest absolute Gasteiger partial charge is 0.367 e. The van der Waals surface area contributed by atoms with Gasteiger partial charge in [-0.1, -0.05) is 0 Å². The topological polar surface area (TPSA) is 70.6 Å². The van der Waals surface area contributed by atoms with Crippen LogP contribution in [0.3, 0.4) is 0 Å². The molecule has 0 spiro atoms. The third-order valence-corrected chi connectivity index (χ3v) is 4.09. The van der Waals surface area contributed by atoms with Gasteiger partial charge in [-0.3, -0.25) is 4.79 Å². The van der Waals surface area contributed by atoms with Gasteiger partial charge in [-0.15, -0.1) is 0 Å². The SMILES string of the molecule is Cc1cc(NCC2CN(C)C(=O)CO2)nc(N2CCCC2)n1. The van der Waals surface area contributed by atoms with Crippen LogP contribution in [0.1, 0.15) is 18.5 Å². The Morgan fingerprint density at radius 2 is 2.14 bits per heavy atom. The number of carbonyl (C=O) groups excluding carboxylic acids is 1. The molecule has 2 fully saturated rings. The maximum atomic E-state index is 11.4. The monoisotopic (exact) mass is 305 g/mol. The Kier molecular flexibility index (Phi) is 4.42. The molecule has 3 rings (SSSR count). The number of aryl methyl sites for hydroxylation is 1. The van der Waals surface area contributed by atoms with Gasteiger partial charge in [0.05, 0.1) is 6.10 Å². The third kappa shape index (κ3) is 3.47. The van der Waals surface area contributed by atoms with Crippen LogP contribution >= 0.6 is 0 Å². The van der Waals surface area contributed by atoms with Gasteiger partial charge < -0.3 is 19.9 Å². The van der Waals surface area contributed by atoms with Crippen LogP contribution in [0, 0.1) is 6.92 Å². The molecule has 2 aliphatic heterocycles. The normalized spacial score (nSPS) is 22.3. The highest BCUT2D eigenvalue weighted by atomic mass is 16.5. The molecule has 2 aliphatic rings. The van der Waals surface area contributed by atoms with Gasteiger partial charge in [0.1, 0.15) is 12.4 Å². The molecule has 1 atom stereocenters. The Morgan fingerprint density at radius 1 is 1.36 bits per heavy atom. The van der Waals surface area contributed by atoms with E-state index in [4.69, 9.17) is 4.74 Å². The smallest absolute Gasteiger partial charge is 0.248 e. The van der Waals surface area contributed by atoms with Crippen LogP contribution in [0.2, 0.25) is 0 Å². The van der Waals surface area contributed by atoms with Crippen LogP contribution in [0.15, 0.2) is 6.07 Å². The van der Waals surface area contributed by atoms with Gasteiger partial charge in [-0.25, -0.2) is 4.98 Å². The van der Waals surface area contributed by atoms with Crippen LogP contribution in [-0.4, -0.2) is 66.7 Å². The van der Waals surface area contributed by atoms with E-state index >= 15 is 0 Å². The molecule has 0 aromatic carbocycles. The lowest BCUT2D eigenvalue weighted by Gasteiger charge is -2.30. The lowest BCUT2D eigenvalue weighted by molar-refractivity contribution is -0.145. The molecule has 7 nitrogen and oxygen atoms in total. The predicted molar refractivity (Wildman–Crippen MR) is 84.1 cm³/mol. The maximum absolute atomic E-state index is 11.4. The van der Waals surface area contributed by atoms with Gasteiger partial charge in [0.15, 0.2) is 0 Å².